The average Bonchev–Trinajstić information content (AvgIpc) is 3.84. The molecule has 0 radical (unpaired) electrons. The molecule has 3 atom stereocenters. The van der Waals surface area contributed by atoms with E-state index in [1.165, 1.54) is 0 Å². The highest BCUT2D eigenvalue weighted by molar-refractivity contribution is 6.13. The maximum atomic E-state index is 5.43. The summed E-state index contributed by atoms with van der Waals surface area (Å²) in [5.74, 6) is 0. The lowest BCUT2D eigenvalue weighted by atomic mass is 9.99. The van der Waals surface area contributed by atoms with E-state index in [0.717, 1.165) is 73.4 Å². The predicted molar refractivity (Wildman–Crippen MR) is 222 cm³/mol. The molecule has 3 unspecified atom stereocenters. The first-order chi connectivity index (χ1) is 26.8. The Hall–Kier alpha value is -7.05. The molecule has 0 saturated carbocycles. The monoisotopic (exact) mass is 698 g/mol. The van der Waals surface area contributed by atoms with E-state index in [9.17, 15) is 0 Å². The van der Waals surface area contributed by atoms with Gasteiger partial charge < -0.3 is 25.8 Å². The minimum Gasteiger partial charge on any atom is -0.360 e. The van der Waals surface area contributed by atoms with E-state index < -0.39 is 0 Å². The number of hydrogen-bond donors (Lipinski definition) is 3. The summed E-state index contributed by atoms with van der Waals surface area (Å²) in [5.41, 5.74) is 14.4. The van der Waals surface area contributed by atoms with Crippen LogP contribution in [0.3, 0.4) is 0 Å². The maximum Gasteiger partial charge on any atom is 0.145 e. The third kappa shape index (κ3) is 5.74. The molecule has 7 aromatic rings. The summed E-state index contributed by atoms with van der Waals surface area (Å²) in [5, 5.41) is 11.4. The smallest absolute Gasteiger partial charge is 0.145 e. The summed E-state index contributed by atoms with van der Waals surface area (Å²) in [6.45, 7) is 0. The summed E-state index contributed by atoms with van der Waals surface area (Å²) < 4.78 is 0. The van der Waals surface area contributed by atoms with Gasteiger partial charge in [-0.05, 0) is 89.0 Å². The van der Waals surface area contributed by atoms with Gasteiger partial charge in [-0.2, -0.15) is 0 Å². The van der Waals surface area contributed by atoms with Crippen molar-refractivity contribution in [2.24, 2.45) is 4.99 Å². The van der Waals surface area contributed by atoms with Gasteiger partial charge in [0.1, 0.15) is 18.5 Å². The molecule has 0 spiro atoms. The summed E-state index contributed by atoms with van der Waals surface area (Å²) in [4.78, 5) is 10.2. The first-order valence-corrected chi connectivity index (χ1v) is 18.5. The number of nitrogens with zero attached hydrogens (tertiary/aromatic N) is 3. The molecule has 0 fully saturated rings. The largest absolute Gasteiger partial charge is 0.360 e. The Labute approximate surface area is 315 Å². The molecule has 6 heteroatoms. The van der Waals surface area contributed by atoms with E-state index in [-0.39, 0.29) is 18.5 Å². The van der Waals surface area contributed by atoms with E-state index in [4.69, 9.17) is 4.99 Å². The van der Waals surface area contributed by atoms with Crippen LogP contribution in [-0.4, -0.2) is 5.71 Å². The number of anilines is 6. The van der Waals surface area contributed by atoms with Crippen LogP contribution in [0.2, 0.25) is 0 Å². The fourth-order valence-corrected chi connectivity index (χ4v) is 7.93. The van der Waals surface area contributed by atoms with Crippen LogP contribution in [0, 0.1) is 0 Å². The summed E-state index contributed by atoms with van der Waals surface area (Å²) in [6, 6.07) is 66.4. The van der Waals surface area contributed by atoms with Gasteiger partial charge in [0.25, 0.3) is 0 Å². The zero-order valence-corrected chi connectivity index (χ0v) is 29.5. The van der Waals surface area contributed by atoms with Crippen LogP contribution < -0.4 is 25.8 Å². The van der Waals surface area contributed by atoms with E-state index in [1.807, 2.05) is 0 Å². The number of nitrogens with one attached hydrogen (secondary N) is 3. The Morgan fingerprint density at radius 1 is 0.407 bits per heavy atom. The maximum absolute atomic E-state index is 5.43. The number of fused-ring (bicyclic) bond motifs is 2. The molecule has 0 saturated heterocycles. The lowest BCUT2D eigenvalue weighted by Gasteiger charge is -2.29. The second-order valence-corrected chi connectivity index (χ2v) is 13.8. The van der Waals surface area contributed by atoms with Crippen LogP contribution in [0.5, 0.6) is 0 Å². The van der Waals surface area contributed by atoms with Crippen LogP contribution in [-0.2, 0) is 0 Å². The minimum absolute atomic E-state index is 0.0757. The Balaban J connectivity index is 1.03. The Bertz CT molecular complexity index is 2510. The van der Waals surface area contributed by atoms with E-state index in [1.54, 1.807) is 0 Å². The number of hydrogen-bond acceptors (Lipinski definition) is 6. The van der Waals surface area contributed by atoms with Crippen molar-refractivity contribution in [3.05, 3.63) is 222 Å². The van der Waals surface area contributed by atoms with Gasteiger partial charge in [0.2, 0.25) is 0 Å². The number of rotatable bonds is 7. The van der Waals surface area contributed by atoms with Crippen LogP contribution >= 0.6 is 0 Å². The molecule has 0 bridgehead atoms. The molecule has 3 aliphatic rings. The van der Waals surface area contributed by atoms with Gasteiger partial charge in [-0.3, -0.25) is 4.99 Å². The van der Waals surface area contributed by atoms with Crippen molar-refractivity contribution in [1.82, 2.24) is 5.32 Å². The highest BCUT2D eigenvalue weighted by Gasteiger charge is 2.33. The predicted octanol–water partition coefficient (Wildman–Crippen LogP) is 11.3. The second kappa shape index (κ2) is 13.5. The van der Waals surface area contributed by atoms with Gasteiger partial charge >= 0.3 is 0 Å². The van der Waals surface area contributed by atoms with Gasteiger partial charge in [0.15, 0.2) is 0 Å². The first-order valence-electron chi connectivity index (χ1n) is 18.5. The standard InChI is InChI=1S/C48H38N6/c1-4-16-33(17-5-1)42-32-43(34-18-14-20-36(30-34)47-51-40-26-10-12-28-44(40)53(47)38-22-6-2-7-23-38)50-46(49-42)35-19-15-21-37(31-35)48-52-41-27-11-13-29-45(41)54(48)39-24-8-3-9-25-39/h1-32,46-49,51-52H. The van der Waals surface area contributed by atoms with E-state index in [0.29, 0.717) is 0 Å². The van der Waals surface area contributed by atoms with Crippen LogP contribution in [0.1, 0.15) is 46.3 Å². The van der Waals surface area contributed by atoms with Gasteiger partial charge in [0, 0.05) is 22.6 Å². The highest BCUT2D eigenvalue weighted by Crippen LogP contribution is 2.47. The van der Waals surface area contributed by atoms with Crippen molar-refractivity contribution < 1.29 is 0 Å². The normalized spacial score (nSPS) is 18.4. The van der Waals surface area contributed by atoms with Gasteiger partial charge in [-0.25, -0.2) is 0 Å². The molecule has 3 N–H and O–H groups in total. The molecule has 54 heavy (non-hydrogen) atoms. The molecule has 6 nitrogen and oxygen atoms in total. The minimum atomic E-state index is -0.299. The Kier molecular flexibility index (Phi) is 7.91. The molecule has 7 aromatic carbocycles. The number of para-hydroxylation sites is 6. The van der Waals surface area contributed by atoms with Crippen molar-refractivity contribution in [3.63, 3.8) is 0 Å². The molecule has 3 aliphatic heterocycles. The fourth-order valence-electron chi connectivity index (χ4n) is 7.93. The third-order valence-corrected chi connectivity index (χ3v) is 10.5. The SMILES string of the molecule is C1=C(c2ccccc2)NC(c2cccc(C3Nc4ccccc4N3c3ccccc3)c2)N=C1c1cccc(C2Nc3ccccc3N2c2ccccc2)c1. The van der Waals surface area contributed by atoms with Crippen molar-refractivity contribution in [1.29, 1.82) is 0 Å². The number of allylic oxidation sites excluding steroid dienone is 1. The average molecular weight is 699 g/mol. The van der Waals surface area contributed by atoms with E-state index >= 15 is 0 Å². The summed E-state index contributed by atoms with van der Waals surface area (Å²) in [7, 11) is 0. The van der Waals surface area contributed by atoms with Gasteiger partial charge in [-0.15, -0.1) is 0 Å². The molecular weight excluding hydrogens is 661 g/mol. The fraction of sp³-hybridized carbons (Fsp3) is 0.0625. The Morgan fingerprint density at radius 3 is 1.50 bits per heavy atom. The first kappa shape index (κ1) is 31.7. The van der Waals surface area contributed by atoms with Crippen molar-refractivity contribution in [2.75, 3.05) is 20.4 Å². The van der Waals surface area contributed by atoms with E-state index in [2.05, 4.69) is 220 Å². The molecule has 3 heterocycles. The lowest BCUT2D eigenvalue weighted by Crippen LogP contribution is -2.26. The number of benzene rings is 7. The van der Waals surface area contributed by atoms with Gasteiger partial charge in [-0.1, -0.05) is 127 Å². The topological polar surface area (TPSA) is 54.9 Å². The molecule has 0 amide bonds. The third-order valence-electron chi connectivity index (χ3n) is 10.5. The zero-order valence-electron chi connectivity index (χ0n) is 29.5. The molecule has 10 rings (SSSR count). The van der Waals surface area contributed by atoms with Gasteiger partial charge in [0.05, 0.1) is 28.5 Å². The summed E-state index contributed by atoms with van der Waals surface area (Å²) >= 11 is 0. The quantitative estimate of drug-likeness (QED) is 0.155. The molecule has 0 aromatic heterocycles. The molecule has 0 aliphatic carbocycles. The zero-order chi connectivity index (χ0) is 35.8. The van der Waals surface area contributed by atoms with Crippen LogP contribution in [0.15, 0.2) is 199 Å². The van der Waals surface area contributed by atoms with Crippen molar-refractivity contribution in [2.45, 2.75) is 18.5 Å². The van der Waals surface area contributed by atoms with Crippen molar-refractivity contribution >= 4 is 45.5 Å². The van der Waals surface area contributed by atoms with Crippen LogP contribution in [0.4, 0.5) is 34.1 Å². The second-order valence-electron chi connectivity index (χ2n) is 13.8. The highest BCUT2D eigenvalue weighted by atomic mass is 15.3. The number of aliphatic imine (C=N–C) groups is 1. The molecular formula is C48H38N6. The lowest BCUT2D eigenvalue weighted by molar-refractivity contribution is 0.661. The van der Waals surface area contributed by atoms with Crippen molar-refractivity contribution in [3.8, 4) is 0 Å². The summed E-state index contributed by atoms with van der Waals surface area (Å²) in [6.07, 6.45) is 1.74. The molecule has 260 valence electrons. The van der Waals surface area contributed by atoms with Crippen LogP contribution in [0.25, 0.3) is 5.70 Å². The Morgan fingerprint density at radius 2 is 0.889 bits per heavy atom.